The zero-order chi connectivity index (χ0) is 10.6. The van der Waals surface area contributed by atoms with Gasteiger partial charge in [-0.3, -0.25) is 14.3 Å². The number of aliphatic hydroxyl groups excluding tert-OH is 1. The minimum absolute atomic E-state index is 0.131. The van der Waals surface area contributed by atoms with Gasteiger partial charge in [-0.1, -0.05) is 0 Å². The molecule has 1 aromatic rings. The van der Waals surface area contributed by atoms with Crippen LogP contribution in [0.5, 0.6) is 0 Å². The van der Waals surface area contributed by atoms with Crippen molar-refractivity contribution in [1.82, 2.24) is 9.55 Å². The summed E-state index contributed by atoms with van der Waals surface area (Å²) in [4.78, 5) is 24.4. The molecule has 0 bridgehead atoms. The first-order valence-electron chi connectivity index (χ1n) is 4.82. The summed E-state index contributed by atoms with van der Waals surface area (Å²) >= 11 is 0. The van der Waals surface area contributed by atoms with Gasteiger partial charge in [-0.05, 0) is 0 Å². The van der Waals surface area contributed by atoms with Crippen LogP contribution in [-0.2, 0) is 4.74 Å². The molecule has 1 saturated carbocycles. The molecule has 4 atom stereocenters. The van der Waals surface area contributed by atoms with Crippen LogP contribution in [0.3, 0.4) is 0 Å². The maximum absolute atomic E-state index is 11.4. The number of H-pyrrole nitrogens is 1. The molecule has 3 rings (SSSR count). The summed E-state index contributed by atoms with van der Waals surface area (Å²) < 4.78 is 6.79. The lowest BCUT2D eigenvalue weighted by Crippen LogP contribution is -2.32. The van der Waals surface area contributed by atoms with E-state index in [0.29, 0.717) is 6.42 Å². The summed E-state index contributed by atoms with van der Waals surface area (Å²) in [6, 6.07) is 1.28. The maximum Gasteiger partial charge on any atom is 0.330 e. The van der Waals surface area contributed by atoms with Gasteiger partial charge in [0.05, 0.1) is 12.2 Å². The molecule has 1 aliphatic heterocycles. The van der Waals surface area contributed by atoms with Gasteiger partial charge in [0, 0.05) is 24.6 Å². The van der Waals surface area contributed by atoms with Crippen molar-refractivity contribution in [2.24, 2.45) is 5.92 Å². The molecular weight excluding hydrogens is 200 g/mol. The van der Waals surface area contributed by atoms with Crippen LogP contribution in [0.4, 0.5) is 0 Å². The minimum atomic E-state index is -0.469. The molecule has 2 heterocycles. The average Bonchev–Trinajstić information content (AvgIpc) is 2.63. The highest BCUT2D eigenvalue weighted by atomic mass is 16.5. The van der Waals surface area contributed by atoms with Gasteiger partial charge in [-0.2, -0.15) is 0 Å². The lowest BCUT2D eigenvalue weighted by atomic mass is 10.3. The van der Waals surface area contributed by atoms with E-state index in [9.17, 15) is 14.7 Å². The number of fused-ring (bicyclic) bond motifs is 1. The van der Waals surface area contributed by atoms with Crippen molar-refractivity contribution in [2.45, 2.75) is 24.9 Å². The molecule has 2 N–H and O–H groups in total. The van der Waals surface area contributed by atoms with E-state index >= 15 is 0 Å². The number of aromatic amines is 1. The van der Waals surface area contributed by atoms with Gasteiger partial charge in [0.25, 0.3) is 5.56 Å². The van der Waals surface area contributed by atoms with E-state index in [2.05, 4.69) is 4.98 Å². The fourth-order valence-corrected chi connectivity index (χ4v) is 2.08. The molecule has 1 saturated heterocycles. The molecule has 2 fully saturated rings. The predicted octanol–water partition coefficient (Wildman–Crippen LogP) is -1.19. The van der Waals surface area contributed by atoms with Crippen LogP contribution in [0.15, 0.2) is 21.9 Å². The molecule has 0 amide bonds. The number of rotatable bonds is 1. The van der Waals surface area contributed by atoms with Crippen LogP contribution >= 0.6 is 0 Å². The molecule has 0 spiro atoms. The van der Waals surface area contributed by atoms with Gasteiger partial charge in [0.2, 0.25) is 0 Å². The van der Waals surface area contributed by atoms with Gasteiger partial charge in [-0.15, -0.1) is 0 Å². The Hall–Kier alpha value is -1.40. The highest BCUT2D eigenvalue weighted by Gasteiger charge is 2.57. The van der Waals surface area contributed by atoms with Gasteiger partial charge < -0.3 is 9.84 Å². The van der Waals surface area contributed by atoms with E-state index in [1.54, 1.807) is 0 Å². The van der Waals surface area contributed by atoms with Crippen LogP contribution in [0.1, 0.15) is 12.6 Å². The molecule has 80 valence electrons. The van der Waals surface area contributed by atoms with Crippen molar-refractivity contribution in [1.29, 1.82) is 0 Å². The number of hydrogen-bond acceptors (Lipinski definition) is 4. The molecular formula is C9H10N2O4. The second kappa shape index (κ2) is 2.80. The molecule has 15 heavy (non-hydrogen) atoms. The normalized spacial score (nSPS) is 37.7. The Morgan fingerprint density at radius 3 is 2.93 bits per heavy atom. The largest absolute Gasteiger partial charge is 0.390 e. The summed E-state index contributed by atoms with van der Waals surface area (Å²) in [7, 11) is 0. The van der Waals surface area contributed by atoms with E-state index in [4.69, 9.17) is 4.74 Å². The fraction of sp³-hybridized carbons (Fsp3) is 0.556. The summed E-state index contributed by atoms with van der Waals surface area (Å²) in [6.07, 6.45) is 1.18. The number of aromatic nitrogens is 2. The maximum atomic E-state index is 11.4. The summed E-state index contributed by atoms with van der Waals surface area (Å²) in [5, 5.41) is 9.25. The summed E-state index contributed by atoms with van der Waals surface area (Å²) in [5.74, 6) is 0.147. The van der Waals surface area contributed by atoms with E-state index in [0.717, 1.165) is 0 Å². The van der Waals surface area contributed by atoms with Gasteiger partial charge in [0.1, 0.15) is 6.23 Å². The lowest BCUT2D eigenvalue weighted by molar-refractivity contribution is -0.0114. The first kappa shape index (κ1) is 8.87. The van der Waals surface area contributed by atoms with Gasteiger partial charge >= 0.3 is 5.69 Å². The Morgan fingerprint density at radius 1 is 1.53 bits per heavy atom. The molecule has 6 nitrogen and oxygen atoms in total. The number of nitrogens with zero attached hydrogens (tertiary/aromatic N) is 1. The van der Waals surface area contributed by atoms with Crippen LogP contribution in [0.25, 0.3) is 0 Å². The molecule has 6 heteroatoms. The first-order chi connectivity index (χ1) is 7.16. The van der Waals surface area contributed by atoms with Crippen LogP contribution in [-0.4, -0.2) is 26.9 Å². The van der Waals surface area contributed by atoms with Crippen molar-refractivity contribution in [3.63, 3.8) is 0 Å². The quantitative estimate of drug-likeness (QED) is 0.610. The summed E-state index contributed by atoms with van der Waals surface area (Å²) in [5.41, 5.74) is -0.886. The SMILES string of the molecule is O=c1ccn([C@H]2CC3C(O)[C@H]3O2)c(=O)[nH]1. The Balaban J connectivity index is 1.89. The third-order valence-corrected chi connectivity index (χ3v) is 3.01. The lowest BCUT2D eigenvalue weighted by Gasteiger charge is -2.15. The first-order valence-corrected chi connectivity index (χ1v) is 4.82. The zero-order valence-electron chi connectivity index (χ0n) is 7.79. The standard InChI is InChI=1S/C9H10N2O4/c12-5-1-2-11(9(14)10-5)6-3-4-7(13)8(4)15-6/h1-2,4,6-8,13H,3H2,(H,10,12,14)/t4?,6-,7?,8+/m1/s1. The van der Waals surface area contributed by atoms with Crippen molar-refractivity contribution < 1.29 is 9.84 Å². The van der Waals surface area contributed by atoms with E-state index in [1.807, 2.05) is 0 Å². The number of ether oxygens (including phenoxy) is 1. The zero-order valence-corrected chi connectivity index (χ0v) is 7.79. The summed E-state index contributed by atoms with van der Waals surface area (Å²) in [6.45, 7) is 0. The monoisotopic (exact) mass is 210 g/mol. The van der Waals surface area contributed by atoms with E-state index < -0.39 is 11.2 Å². The molecule has 0 aromatic carbocycles. The Labute approximate surface area is 84.1 Å². The highest BCUT2D eigenvalue weighted by Crippen LogP contribution is 2.49. The number of hydrogen-bond donors (Lipinski definition) is 2. The van der Waals surface area contributed by atoms with Crippen molar-refractivity contribution >= 4 is 0 Å². The topological polar surface area (TPSA) is 84.3 Å². The number of nitrogens with one attached hydrogen (secondary N) is 1. The van der Waals surface area contributed by atoms with Crippen molar-refractivity contribution in [3.8, 4) is 0 Å². The Kier molecular flexibility index (Phi) is 1.66. The predicted molar refractivity (Wildman–Crippen MR) is 49.3 cm³/mol. The van der Waals surface area contributed by atoms with Gasteiger partial charge in [-0.25, -0.2) is 4.79 Å². The van der Waals surface area contributed by atoms with E-state index in [1.165, 1.54) is 16.8 Å². The molecule has 0 radical (unpaired) electrons. The second-order valence-corrected chi connectivity index (χ2v) is 3.96. The van der Waals surface area contributed by atoms with Crippen LogP contribution in [0, 0.1) is 5.92 Å². The molecule has 1 aromatic heterocycles. The van der Waals surface area contributed by atoms with Crippen LogP contribution < -0.4 is 11.2 Å². The number of aliphatic hydroxyl groups is 1. The van der Waals surface area contributed by atoms with Crippen LogP contribution in [0.2, 0.25) is 0 Å². The molecule has 2 unspecified atom stereocenters. The fourth-order valence-electron chi connectivity index (χ4n) is 2.08. The average molecular weight is 210 g/mol. The smallest absolute Gasteiger partial charge is 0.330 e. The molecule has 2 aliphatic rings. The highest BCUT2D eigenvalue weighted by molar-refractivity contribution is 5.05. The Morgan fingerprint density at radius 2 is 2.33 bits per heavy atom. The van der Waals surface area contributed by atoms with E-state index in [-0.39, 0.29) is 24.4 Å². The third kappa shape index (κ3) is 1.25. The second-order valence-electron chi connectivity index (χ2n) is 3.96. The third-order valence-electron chi connectivity index (χ3n) is 3.01. The minimum Gasteiger partial charge on any atom is -0.390 e. The van der Waals surface area contributed by atoms with Crippen molar-refractivity contribution in [3.05, 3.63) is 33.1 Å². The Bertz CT molecular complexity index is 493. The molecule has 1 aliphatic carbocycles. The van der Waals surface area contributed by atoms with Crippen molar-refractivity contribution in [2.75, 3.05) is 0 Å². The van der Waals surface area contributed by atoms with Gasteiger partial charge in [0.15, 0.2) is 0 Å².